The predicted octanol–water partition coefficient (Wildman–Crippen LogP) is 4.30. The molecule has 0 spiro atoms. The van der Waals surface area contributed by atoms with Gasteiger partial charge in [0.2, 0.25) is 0 Å². The van der Waals surface area contributed by atoms with Gasteiger partial charge in [0.05, 0.1) is 17.9 Å². The Morgan fingerprint density at radius 1 is 1.22 bits per heavy atom. The lowest BCUT2D eigenvalue weighted by Gasteiger charge is -2.33. The molecule has 0 bridgehead atoms. The van der Waals surface area contributed by atoms with Crippen LogP contribution in [0, 0.1) is 5.92 Å². The second kappa shape index (κ2) is 8.13. The van der Waals surface area contributed by atoms with Gasteiger partial charge in [0.25, 0.3) is 0 Å². The molecule has 5 nitrogen and oxygen atoms in total. The van der Waals surface area contributed by atoms with Crippen LogP contribution >= 0.6 is 11.3 Å². The molecule has 146 valence electrons. The molecule has 2 aromatic heterocycles. The quantitative estimate of drug-likeness (QED) is 0.716. The zero-order valence-corrected chi connectivity index (χ0v) is 17.2. The Morgan fingerprint density at radius 2 is 2.07 bits per heavy atom. The van der Waals surface area contributed by atoms with Crippen LogP contribution in [0.4, 0.5) is 5.82 Å². The Morgan fingerprint density at radius 3 is 2.89 bits per heavy atom. The number of carbonyl (C=O) groups is 1. The maximum atomic E-state index is 12.3. The maximum Gasteiger partial charge on any atom is 0.310 e. The van der Waals surface area contributed by atoms with Gasteiger partial charge in [-0.3, -0.25) is 4.79 Å². The van der Waals surface area contributed by atoms with Crippen molar-refractivity contribution >= 4 is 33.3 Å². The fourth-order valence-corrected chi connectivity index (χ4v) is 5.64. The van der Waals surface area contributed by atoms with E-state index in [9.17, 15) is 4.79 Å². The van der Waals surface area contributed by atoms with E-state index in [1.165, 1.54) is 35.1 Å². The first-order valence-electron chi connectivity index (χ1n) is 10.4. The van der Waals surface area contributed by atoms with E-state index in [1.54, 1.807) is 0 Å². The van der Waals surface area contributed by atoms with E-state index in [0.717, 1.165) is 55.1 Å². The van der Waals surface area contributed by atoms with Crippen LogP contribution in [0.15, 0.2) is 0 Å². The average Bonchev–Trinajstić information content (AvgIpc) is 3.06. The van der Waals surface area contributed by atoms with Gasteiger partial charge in [-0.25, -0.2) is 9.97 Å². The molecular formula is C21H29N3O2S. The van der Waals surface area contributed by atoms with Crippen molar-refractivity contribution < 1.29 is 9.53 Å². The summed E-state index contributed by atoms with van der Waals surface area (Å²) in [5.41, 5.74) is 1.47. The largest absolute Gasteiger partial charge is 0.466 e. The van der Waals surface area contributed by atoms with Crippen LogP contribution in [0.2, 0.25) is 0 Å². The Hall–Kier alpha value is -1.69. The highest BCUT2D eigenvalue weighted by atomic mass is 32.1. The molecule has 2 aromatic rings. The van der Waals surface area contributed by atoms with Crippen molar-refractivity contribution in [2.75, 3.05) is 24.6 Å². The van der Waals surface area contributed by atoms with E-state index < -0.39 is 0 Å². The molecular weight excluding hydrogens is 358 g/mol. The number of rotatable bonds is 5. The predicted molar refractivity (Wildman–Crippen MR) is 110 cm³/mol. The third kappa shape index (κ3) is 3.68. The minimum Gasteiger partial charge on any atom is -0.466 e. The molecule has 27 heavy (non-hydrogen) atoms. The van der Waals surface area contributed by atoms with Gasteiger partial charge in [-0.05, 0) is 57.4 Å². The van der Waals surface area contributed by atoms with Crippen molar-refractivity contribution in [3.8, 4) is 0 Å². The molecule has 4 rings (SSSR count). The van der Waals surface area contributed by atoms with Crippen molar-refractivity contribution in [3.05, 3.63) is 16.3 Å². The second-order valence-corrected chi connectivity index (χ2v) is 8.73. The number of thiophene rings is 1. The SMILES string of the molecule is CCCc1nc(N2CCC[C@@H](C(=O)OCC)C2)c2c3c(sc2n1)CCCC3. The highest BCUT2D eigenvalue weighted by molar-refractivity contribution is 7.19. The van der Waals surface area contributed by atoms with Gasteiger partial charge in [-0.1, -0.05) is 6.92 Å². The molecule has 1 atom stereocenters. The first kappa shape index (κ1) is 18.7. The number of esters is 1. The summed E-state index contributed by atoms with van der Waals surface area (Å²) >= 11 is 1.86. The van der Waals surface area contributed by atoms with Gasteiger partial charge in [0.15, 0.2) is 0 Å². The average molecular weight is 388 g/mol. The summed E-state index contributed by atoms with van der Waals surface area (Å²) in [6, 6.07) is 0. The molecule has 0 radical (unpaired) electrons. The van der Waals surface area contributed by atoms with Crippen LogP contribution in [-0.4, -0.2) is 35.6 Å². The molecule has 0 amide bonds. The van der Waals surface area contributed by atoms with Crippen molar-refractivity contribution in [1.82, 2.24) is 9.97 Å². The number of aryl methyl sites for hydroxylation is 3. The van der Waals surface area contributed by atoms with Crippen LogP contribution in [0.3, 0.4) is 0 Å². The fourth-order valence-electron chi connectivity index (χ4n) is 4.37. The van der Waals surface area contributed by atoms with Gasteiger partial charge in [0, 0.05) is 24.4 Å². The lowest BCUT2D eigenvalue weighted by atomic mass is 9.95. The highest BCUT2D eigenvalue weighted by Gasteiger charge is 2.30. The smallest absolute Gasteiger partial charge is 0.310 e. The van der Waals surface area contributed by atoms with E-state index in [0.29, 0.717) is 13.2 Å². The number of aromatic nitrogens is 2. The Labute approximate surface area is 165 Å². The summed E-state index contributed by atoms with van der Waals surface area (Å²) in [5, 5.41) is 1.26. The molecule has 1 saturated heterocycles. The first-order valence-corrected chi connectivity index (χ1v) is 11.3. The van der Waals surface area contributed by atoms with Crippen molar-refractivity contribution in [2.24, 2.45) is 5.92 Å². The van der Waals surface area contributed by atoms with Gasteiger partial charge in [-0.15, -0.1) is 11.3 Å². The van der Waals surface area contributed by atoms with Crippen LogP contribution in [0.1, 0.15) is 62.2 Å². The molecule has 1 aliphatic heterocycles. The van der Waals surface area contributed by atoms with Crippen LogP contribution < -0.4 is 4.90 Å². The minimum absolute atomic E-state index is 0.0483. The normalized spacial score (nSPS) is 19.9. The number of anilines is 1. The van der Waals surface area contributed by atoms with E-state index >= 15 is 0 Å². The summed E-state index contributed by atoms with van der Waals surface area (Å²) in [4.78, 5) is 27.2. The standard InChI is InChI=1S/C21H29N3O2S/c1-3-8-17-22-19(24-12-7-9-14(13-24)21(25)26-4-2)18-15-10-5-6-11-16(15)27-20(18)23-17/h14H,3-13H2,1-2H3/t14-/m1/s1. The Balaban J connectivity index is 1.74. The summed E-state index contributed by atoms with van der Waals surface area (Å²) in [7, 11) is 0. The summed E-state index contributed by atoms with van der Waals surface area (Å²) in [6.45, 7) is 6.16. The van der Waals surface area contributed by atoms with Crippen LogP contribution in [-0.2, 0) is 28.8 Å². The molecule has 1 fully saturated rings. The number of fused-ring (bicyclic) bond motifs is 3. The van der Waals surface area contributed by atoms with Crippen LogP contribution in [0.5, 0.6) is 0 Å². The molecule has 0 saturated carbocycles. The molecule has 0 unspecified atom stereocenters. The van der Waals surface area contributed by atoms with Gasteiger partial charge in [0.1, 0.15) is 16.5 Å². The molecule has 2 aliphatic rings. The van der Waals surface area contributed by atoms with Crippen molar-refractivity contribution in [2.45, 2.75) is 65.2 Å². The topological polar surface area (TPSA) is 55.3 Å². The number of carbonyl (C=O) groups excluding carboxylic acids is 1. The van der Waals surface area contributed by atoms with E-state index in [1.807, 2.05) is 18.3 Å². The van der Waals surface area contributed by atoms with Gasteiger partial charge < -0.3 is 9.64 Å². The number of piperidine rings is 1. The minimum atomic E-state index is -0.0615. The van der Waals surface area contributed by atoms with Gasteiger partial charge in [-0.2, -0.15) is 0 Å². The second-order valence-electron chi connectivity index (χ2n) is 7.64. The van der Waals surface area contributed by atoms with E-state index in [2.05, 4.69) is 11.8 Å². The van der Waals surface area contributed by atoms with Crippen molar-refractivity contribution in [1.29, 1.82) is 0 Å². The molecule has 1 aliphatic carbocycles. The number of hydrogen-bond acceptors (Lipinski definition) is 6. The summed E-state index contributed by atoms with van der Waals surface area (Å²) in [6.07, 6.45) is 8.69. The van der Waals surface area contributed by atoms with E-state index in [4.69, 9.17) is 14.7 Å². The first-order chi connectivity index (χ1) is 13.2. The third-order valence-electron chi connectivity index (χ3n) is 5.66. The zero-order valence-electron chi connectivity index (χ0n) is 16.4. The van der Waals surface area contributed by atoms with E-state index in [-0.39, 0.29) is 11.9 Å². The molecule has 6 heteroatoms. The molecule has 0 N–H and O–H groups in total. The fraction of sp³-hybridized carbons (Fsp3) is 0.667. The number of hydrogen-bond donors (Lipinski definition) is 0. The molecule has 3 heterocycles. The summed E-state index contributed by atoms with van der Waals surface area (Å²) in [5.74, 6) is 1.90. The summed E-state index contributed by atoms with van der Waals surface area (Å²) < 4.78 is 5.29. The lowest BCUT2D eigenvalue weighted by molar-refractivity contribution is -0.148. The molecule has 0 aromatic carbocycles. The number of nitrogens with zero attached hydrogens (tertiary/aromatic N) is 3. The highest BCUT2D eigenvalue weighted by Crippen LogP contribution is 2.40. The Kier molecular flexibility index (Phi) is 5.62. The lowest BCUT2D eigenvalue weighted by Crippen LogP contribution is -2.40. The third-order valence-corrected chi connectivity index (χ3v) is 6.84. The number of ether oxygens (including phenoxy) is 1. The zero-order chi connectivity index (χ0) is 18.8. The van der Waals surface area contributed by atoms with Crippen molar-refractivity contribution in [3.63, 3.8) is 0 Å². The maximum absolute atomic E-state index is 12.3. The van der Waals surface area contributed by atoms with Gasteiger partial charge >= 0.3 is 5.97 Å². The monoisotopic (exact) mass is 387 g/mol. The Bertz CT molecular complexity index is 832. The van der Waals surface area contributed by atoms with Crippen LogP contribution in [0.25, 0.3) is 10.2 Å².